The van der Waals surface area contributed by atoms with E-state index in [4.69, 9.17) is 4.74 Å². The first-order valence-corrected chi connectivity index (χ1v) is 6.84. The lowest BCUT2D eigenvalue weighted by molar-refractivity contribution is -0.143. The number of rotatable bonds is 4. The topological polar surface area (TPSA) is 41.6 Å². The molecule has 2 aliphatic rings. The number of methoxy groups -OCH3 is 1. The molecule has 1 unspecified atom stereocenters. The molecule has 1 N–H and O–H groups in total. The summed E-state index contributed by atoms with van der Waals surface area (Å²) in [6, 6.07) is 1.12. The highest BCUT2D eigenvalue weighted by molar-refractivity contribution is 5.71. The van der Waals surface area contributed by atoms with Gasteiger partial charge in [-0.25, -0.2) is 0 Å². The van der Waals surface area contributed by atoms with Crippen molar-refractivity contribution in [1.29, 1.82) is 0 Å². The van der Waals surface area contributed by atoms with E-state index in [-0.39, 0.29) is 5.97 Å². The van der Waals surface area contributed by atoms with Gasteiger partial charge in [-0.1, -0.05) is 19.3 Å². The molecule has 1 aliphatic carbocycles. The van der Waals surface area contributed by atoms with Crippen LogP contribution in [-0.4, -0.2) is 49.7 Å². The van der Waals surface area contributed by atoms with Gasteiger partial charge in [0.2, 0.25) is 0 Å². The minimum absolute atomic E-state index is 0.0949. The summed E-state index contributed by atoms with van der Waals surface area (Å²) < 4.78 is 4.83. The Hall–Kier alpha value is -0.610. The third-order valence-corrected chi connectivity index (χ3v) is 4.09. The minimum atomic E-state index is -0.0949. The molecule has 1 heterocycles. The second kappa shape index (κ2) is 6.36. The van der Waals surface area contributed by atoms with Crippen molar-refractivity contribution in [2.45, 2.75) is 50.6 Å². The van der Waals surface area contributed by atoms with Crippen molar-refractivity contribution in [1.82, 2.24) is 10.2 Å². The molecule has 0 radical (unpaired) electrons. The third kappa shape index (κ3) is 3.42. The highest BCUT2D eigenvalue weighted by atomic mass is 16.5. The first-order chi connectivity index (χ1) is 8.31. The van der Waals surface area contributed by atoms with Crippen molar-refractivity contribution >= 4 is 5.97 Å². The van der Waals surface area contributed by atoms with E-state index in [1.165, 1.54) is 39.2 Å². The molecule has 1 aliphatic heterocycles. The summed E-state index contributed by atoms with van der Waals surface area (Å²) in [7, 11) is 1.48. The summed E-state index contributed by atoms with van der Waals surface area (Å²) in [5.74, 6) is -0.0949. The van der Waals surface area contributed by atoms with E-state index in [0.29, 0.717) is 18.6 Å². The van der Waals surface area contributed by atoms with Crippen molar-refractivity contribution in [3.05, 3.63) is 0 Å². The summed E-state index contributed by atoms with van der Waals surface area (Å²) in [6.45, 7) is 2.57. The van der Waals surface area contributed by atoms with Gasteiger partial charge in [-0.15, -0.1) is 0 Å². The van der Waals surface area contributed by atoms with Gasteiger partial charge in [0, 0.05) is 18.6 Å². The van der Waals surface area contributed by atoms with Gasteiger partial charge in [-0.2, -0.15) is 0 Å². The van der Waals surface area contributed by atoms with Crippen LogP contribution >= 0.6 is 0 Å². The van der Waals surface area contributed by atoms with Gasteiger partial charge in [0.05, 0.1) is 13.7 Å². The van der Waals surface area contributed by atoms with E-state index in [2.05, 4.69) is 10.2 Å². The van der Waals surface area contributed by atoms with Crippen molar-refractivity contribution in [2.75, 3.05) is 26.7 Å². The van der Waals surface area contributed by atoms with Crippen molar-refractivity contribution in [3.63, 3.8) is 0 Å². The highest BCUT2D eigenvalue weighted by Crippen LogP contribution is 2.25. The summed E-state index contributed by atoms with van der Waals surface area (Å²) >= 11 is 0. The first-order valence-electron chi connectivity index (χ1n) is 6.84. The van der Waals surface area contributed by atoms with E-state index < -0.39 is 0 Å². The number of esters is 1. The smallest absolute Gasteiger partial charge is 0.319 e. The maximum Gasteiger partial charge on any atom is 0.319 e. The van der Waals surface area contributed by atoms with Gasteiger partial charge in [-0.05, 0) is 25.8 Å². The highest BCUT2D eigenvalue weighted by Gasteiger charge is 2.31. The molecule has 0 spiro atoms. The van der Waals surface area contributed by atoms with Crippen LogP contribution in [0.3, 0.4) is 0 Å². The summed E-state index contributed by atoms with van der Waals surface area (Å²) in [6.07, 6.45) is 7.62. The van der Waals surface area contributed by atoms with E-state index >= 15 is 0 Å². The molecule has 1 atom stereocenters. The standard InChI is InChI=1S/C13H24N2O2/c1-17-13(16)10-15(12-7-8-14-9-12)11-5-3-2-4-6-11/h11-12,14H,2-10H2,1H3. The van der Waals surface area contributed by atoms with Crippen molar-refractivity contribution < 1.29 is 9.53 Å². The van der Waals surface area contributed by atoms with Crippen LogP contribution in [0.2, 0.25) is 0 Å². The molecule has 0 amide bonds. The summed E-state index contributed by atoms with van der Waals surface area (Å²) in [4.78, 5) is 13.9. The lowest BCUT2D eigenvalue weighted by Crippen LogP contribution is -2.48. The number of carbonyl (C=O) groups excluding carboxylic acids is 1. The predicted octanol–water partition coefficient (Wildman–Crippen LogP) is 1.16. The Kier molecular flexibility index (Phi) is 4.80. The number of carbonyl (C=O) groups is 1. The average Bonchev–Trinajstić information content (AvgIpc) is 2.90. The number of nitrogens with zero attached hydrogens (tertiary/aromatic N) is 1. The zero-order valence-corrected chi connectivity index (χ0v) is 10.8. The largest absolute Gasteiger partial charge is 0.468 e. The van der Waals surface area contributed by atoms with Gasteiger partial charge in [-0.3, -0.25) is 9.69 Å². The Bertz CT molecular complexity index is 246. The minimum Gasteiger partial charge on any atom is -0.468 e. The summed E-state index contributed by atoms with van der Waals surface area (Å²) in [5.41, 5.74) is 0. The fraction of sp³-hybridized carbons (Fsp3) is 0.923. The second-order valence-corrected chi connectivity index (χ2v) is 5.19. The van der Waals surface area contributed by atoms with Crippen LogP contribution in [0.1, 0.15) is 38.5 Å². The van der Waals surface area contributed by atoms with Crippen LogP contribution in [0, 0.1) is 0 Å². The molecule has 0 bridgehead atoms. The molecular formula is C13H24N2O2. The average molecular weight is 240 g/mol. The Labute approximate surface area is 104 Å². The molecule has 2 rings (SSSR count). The molecule has 0 aromatic heterocycles. The van der Waals surface area contributed by atoms with E-state index in [9.17, 15) is 4.79 Å². The zero-order chi connectivity index (χ0) is 12.1. The SMILES string of the molecule is COC(=O)CN(C1CCCCC1)C1CCNC1. The number of ether oxygens (including phenoxy) is 1. The number of hydrogen-bond acceptors (Lipinski definition) is 4. The van der Waals surface area contributed by atoms with Gasteiger partial charge in [0.15, 0.2) is 0 Å². The number of hydrogen-bond donors (Lipinski definition) is 1. The van der Waals surface area contributed by atoms with Crippen molar-refractivity contribution in [3.8, 4) is 0 Å². The van der Waals surface area contributed by atoms with Gasteiger partial charge >= 0.3 is 5.97 Å². The molecular weight excluding hydrogens is 216 g/mol. The van der Waals surface area contributed by atoms with Crippen LogP contribution in [0.15, 0.2) is 0 Å². The molecule has 0 aromatic carbocycles. The molecule has 98 valence electrons. The zero-order valence-electron chi connectivity index (χ0n) is 10.8. The lowest BCUT2D eigenvalue weighted by atomic mass is 9.93. The quantitative estimate of drug-likeness (QED) is 0.749. The maximum atomic E-state index is 11.5. The van der Waals surface area contributed by atoms with Gasteiger partial charge < -0.3 is 10.1 Å². The molecule has 17 heavy (non-hydrogen) atoms. The van der Waals surface area contributed by atoms with Crippen LogP contribution in [0.5, 0.6) is 0 Å². The predicted molar refractivity (Wildman–Crippen MR) is 66.9 cm³/mol. The Balaban J connectivity index is 1.96. The fourth-order valence-electron chi connectivity index (χ4n) is 3.11. The molecule has 2 fully saturated rings. The van der Waals surface area contributed by atoms with Crippen LogP contribution in [0.4, 0.5) is 0 Å². The Morgan fingerprint density at radius 1 is 1.24 bits per heavy atom. The fourth-order valence-corrected chi connectivity index (χ4v) is 3.11. The van der Waals surface area contributed by atoms with Crippen LogP contribution in [0.25, 0.3) is 0 Å². The van der Waals surface area contributed by atoms with Crippen LogP contribution in [-0.2, 0) is 9.53 Å². The first kappa shape index (κ1) is 12.8. The third-order valence-electron chi connectivity index (χ3n) is 4.09. The van der Waals surface area contributed by atoms with Crippen LogP contribution < -0.4 is 5.32 Å². The van der Waals surface area contributed by atoms with Crippen molar-refractivity contribution in [2.24, 2.45) is 0 Å². The van der Waals surface area contributed by atoms with E-state index in [1.807, 2.05) is 0 Å². The van der Waals surface area contributed by atoms with E-state index in [0.717, 1.165) is 19.5 Å². The molecule has 1 saturated heterocycles. The number of nitrogens with one attached hydrogen (secondary N) is 1. The lowest BCUT2D eigenvalue weighted by Gasteiger charge is -2.37. The Morgan fingerprint density at radius 2 is 2.00 bits per heavy atom. The van der Waals surface area contributed by atoms with Gasteiger partial charge in [0.25, 0.3) is 0 Å². The molecule has 4 nitrogen and oxygen atoms in total. The monoisotopic (exact) mass is 240 g/mol. The maximum absolute atomic E-state index is 11.5. The molecule has 0 aromatic rings. The second-order valence-electron chi connectivity index (χ2n) is 5.19. The normalized spacial score (nSPS) is 26.4. The summed E-state index contributed by atoms with van der Waals surface area (Å²) in [5, 5.41) is 3.39. The molecule has 1 saturated carbocycles. The van der Waals surface area contributed by atoms with E-state index in [1.54, 1.807) is 0 Å². The molecule has 4 heteroatoms. The Morgan fingerprint density at radius 3 is 2.59 bits per heavy atom. The van der Waals surface area contributed by atoms with Gasteiger partial charge in [0.1, 0.15) is 0 Å².